The van der Waals surface area contributed by atoms with E-state index in [0.29, 0.717) is 13.1 Å². The summed E-state index contributed by atoms with van der Waals surface area (Å²) in [6.45, 7) is 6.97. The molecule has 1 aliphatic heterocycles. The number of amides is 1. The number of hydrogen-bond acceptors (Lipinski definition) is 4. The summed E-state index contributed by atoms with van der Waals surface area (Å²) in [6, 6.07) is 13.2. The zero-order valence-electron chi connectivity index (χ0n) is 14.7. The summed E-state index contributed by atoms with van der Waals surface area (Å²) in [5.74, 6) is 1.06. The van der Waals surface area contributed by atoms with Gasteiger partial charge in [0.2, 0.25) is 0 Å². The monoisotopic (exact) mass is 340 g/mol. The molecule has 0 unspecified atom stereocenters. The van der Waals surface area contributed by atoms with Crippen LogP contribution in [0.4, 0.5) is 5.69 Å². The molecule has 0 bridgehead atoms. The lowest BCUT2D eigenvalue weighted by atomic mass is 10.1. The third-order valence-corrected chi connectivity index (χ3v) is 4.54. The second-order valence-corrected chi connectivity index (χ2v) is 6.44. The van der Waals surface area contributed by atoms with Gasteiger partial charge in [0.15, 0.2) is 6.61 Å². The molecular formula is C20H24N2O3. The van der Waals surface area contributed by atoms with E-state index in [1.807, 2.05) is 49.1 Å². The van der Waals surface area contributed by atoms with E-state index in [1.54, 1.807) is 12.1 Å². The number of carbonyl (C=O) groups excluding carboxylic acids is 1. The van der Waals surface area contributed by atoms with Gasteiger partial charge in [0.1, 0.15) is 11.5 Å². The molecule has 0 atom stereocenters. The van der Waals surface area contributed by atoms with Gasteiger partial charge >= 0.3 is 0 Å². The van der Waals surface area contributed by atoms with Gasteiger partial charge in [-0.2, -0.15) is 0 Å². The zero-order valence-corrected chi connectivity index (χ0v) is 14.7. The Morgan fingerprint density at radius 3 is 2.40 bits per heavy atom. The number of rotatable bonds is 4. The summed E-state index contributed by atoms with van der Waals surface area (Å²) in [5.41, 5.74) is 3.22. The number of phenolic OH excluding ortho intramolecular Hbond substituents is 1. The third-order valence-electron chi connectivity index (χ3n) is 4.54. The van der Waals surface area contributed by atoms with Crippen LogP contribution in [0.25, 0.3) is 0 Å². The van der Waals surface area contributed by atoms with E-state index >= 15 is 0 Å². The molecule has 2 aromatic rings. The molecule has 0 saturated carbocycles. The van der Waals surface area contributed by atoms with Crippen molar-refractivity contribution in [2.45, 2.75) is 13.8 Å². The minimum Gasteiger partial charge on any atom is -0.508 e. The molecule has 3 rings (SSSR count). The molecule has 2 aromatic carbocycles. The lowest BCUT2D eigenvalue weighted by Gasteiger charge is -2.36. The molecule has 1 N–H and O–H groups in total. The summed E-state index contributed by atoms with van der Waals surface area (Å²) in [5, 5.41) is 9.37. The molecule has 5 nitrogen and oxygen atoms in total. The lowest BCUT2D eigenvalue weighted by Crippen LogP contribution is -2.50. The van der Waals surface area contributed by atoms with E-state index in [9.17, 15) is 9.90 Å². The summed E-state index contributed by atoms with van der Waals surface area (Å²) in [7, 11) is 0. The Balaban J connectivity index is 1.51. The highest BCUT2D eigenvalue weighted by molar-refractivity contribution is 5.78. The summed E-state index contributed by atoms with van der Waals surface area (Å²) in [6.07, 6.45) is 0. The molecule has 1 amide bonds. The molecule has 1 heterocycles. The van der Waals surface area contributed by atoms with Crippen LogP contribution in [0.2, 0.25) is 0 Å². The van der Waals surface area contributed by atoms with E-state index in [0.717, 1.165) is 35.7 Å². The van der Waals surface area contributed by atoms with Crippen LogP contribution in [0.1, 0.15) is 11.1 Å². The maximum Gasteiger partial charge on any atom is 0.260 e. The smallest absolute Gasteiger partial charge is 0.260 e. The Hall–Kier alpha value is -2.69. The van der Waals surface area contributed by atoms with Crippen LogP contribution in [0.3, 0.4) is 0 Å². The molecule has 132 valence electrons. The van der Waals surface area contributed by atoms with E-state index in [-0.39, 0.29) is 18.3 Å². The number of phenols is 1. The molecule has 0 radical (unpaired) electrons. The first kappa shape index (κ1) is 17.1. The van der Waals surface area contributed by atoms with E-state index in [2.05, 4.69) is 4.90 Å². The van der Waals surface area contributed by atoms with Crippen molar-refractivity contribution < 1.29 is 14.6 Å². The van der Waals surface area contributed by atoms with Gasteiger partial charge < -0.3 is 19.6 Å². The molecule has 1 saturated heterocycles. The highest BCUT2D eigenvalue weighted by atomic mass is 16.5. The predicted molar refractivity (Wildman–Crippen MR) is 98.3 cm³/mol. The standard InChI is InChI=1S/C20H24N2O3/c1-15-3-4-16(2)19(13-15)25-14-20(24)22-11-9-21(10-12-22)17-5-7-18(23)8-6-17/h3-8,13,23H,9-12,14H2,1-2H3. The number of benzene rings is 2. The fourth-order valence-corrected chi connectivity index (χ4v) is 2.97. The molecule has 0 spiro atoms. The van der Waals surface area contributed by atoms with Crippen molar-refractivity contribution in [3.63, 3.8) is 0 Å². The van der Waals surface area contributed by atoms with Gasteiger partial charge in [0, 0.05) is 31.9 Å². The number of anilines is 1. The van der Waals surface area contributed by atoms with Crippen LogP contribution < -0.4 is 9.64 Å². The Bertz CT molecular complexity index is 735. The molecule has 5 heteroatoms. The van der Waals surface area contributed by atoms with Gasteiger partial charge in [-0.05, 0) is 55.3 Å². The van der Waals surface area contributed by atoms with Gasteiger partial charge in [0.25, 0.3) is 5.91 Å². The van der Waals surface area contributed by atoms with Gasteiger partial charge in [-0.15, -0.1) is 0 Å². The van der Waals surface area contributed by atoms with Crippen molar-refractivity contribution in [1.29, 1.82) is 0 Å². The number of carbonyl (C=O) groups is 1. The molecule has 0 aliphatic carbocycles. The maximum atomic E-state index is 12.4. The Labute approximate surface area is 148 Å². The topological polar surface area (TPSA) is 53.0 Å². The molecule has 1 aliphatic rings. The fraction of sp³-hybridized carbons (Fsp3) is 0.350. The van der Waals surface area contributed by atoms with Crippen LogP contribution in [0, 0.1) is 13.8 Å². The number of aromatic hydroxyl groups is 1. The molecular weight excluding hydrogens is 316 g/mol. The number of ether oxygens (including phenoxy) is 1. The summed E-state index contributed by atoms with van der Waals surface area (Å²) >= 11 is 0. The average Bonchev–Trinajstić information content (AvgIpc) is 2.63. The SMILES string of the molecule is Cc1ccc(C)c(OCC(=O)N2CCN(c3ccc(O)cc3)CC2)c1. The van der Waals surface area contributed by atoms with Gasteiger partial charge in [-0.1, -0.05) is 12.1 Å². The van der Waals surface area contributed by atoms with Crippen molar-refractivity contribution in [3.05, 3.63) is 53.6 Å². The normalized spacial score (nSPS) is 14.5. The summed E-state index contributed by atoms with van der Waals surface area (Å²) in [4.78, 5) is 16.5. The molecule has 0 aromatic heterocycles. The minimum atomic E-state index is 0.0197. The van der Waals surface area contributed by atoms with Crippen LogP contribution >= 0.6 is 0 Å². The van der Waals surface area contributed by atoms with Gasteiger partial charge in [-0.25, -0.2) is 0 Å². The van der Waals surface area contributed by atoms with Gasteiger partial charge in [-0.3, -0.25) is 4.79 Å². The summed E-state index contributed by atoms with van der Waals surface area (Å²) < 4.78 is 5.72. The first-order valence-corrected chi connectivity index (χ1v) is 8.55. The van der Waals surface area contributed by atoms with Crippen LogP contribution in [0.15, 0.2) is 42.5 Å². The lowest BCUT2D eigenvalue weighted by molar-refractivity contribution is -0.133. The fourth-order valence-electron chi connectivity index (χ4n) is 2.97. The van der Waals surface area contributed by atoms with E-state index < -0.39 is 0 Å². The Kier molecular flexibility index (Phi) is 5.12. The van der Waals surface area contributed by atoms with Crippen molar-refractivity contribution in [2.24, 2.45) is 0 Å². The first-order chi connectivity index (χ1) is 12.0. The van der Waals surface area contributed by atoms with Crippen LogP contribution in [-0.4, -0.2) is 48.7 Å². The number of hydrogen-bond donors (Lipinski definition) is 1. The quantitative estimate of drug-likeness (QED) is 0.930. The molecule has 25 heavy (non-hydrogen) atoms. The Morgan fingerprint density at radius 1 is 1.04 bits per heavy atom. The maximum absolute atomic E-state index is 12.4. The number of piperazine rings is 1. The second-order valence-electron chi connectivity index (χ2n) is 6.44. The minimum absolute atomic E-state index is 0.0197. The third kappa shape index (κ3) is 4.24. The highest BCUT2D eigenvalue weighted by Crippen LogP contribution is 2.21. The first-order valence-electron chi connectivity index (χ1n) is 8.55. The highest BCUT2D eigenvalue weighted by Gasteiger charge is 2.21. The van der Waals surface area contributed by atoms with Crippen molar-refractivity contribution >= 4 is 11.6 Å². The number of nitrogens with zero attached hydrogens (tertiary/aromatic N) is 2. The van der Waals surface area contributed by atoms with Crippen molar-refractivity contribution in [3.8, 4) is 11.5 Å². The van der Waals surface area contributed by atoms with Crippen LogP contribution in [-0.2, 0) is 4.79 Å². The van der Waals surface area contributed by atoms with Gasteiger partial charge in [0.05, 0.1) is 0 Å². The van der Waals surface area contributed by atoms with Crippen molar-refractivity contribution in [2.75, 3.05) is 37.7 Å². The van der Waals surface area contributed by atoms with E-state index in [1.165, 1.54) is 0 Å². The van der Waals surface area contributed by atoms with Crippen molar-refractivity contribution in [1.82, 2.24) is 4.90 Å². The molecule has 1 fully saturated rings. The average molecular weight is 340 g/mol. The van der Waals surface area contributed by atoms with E-state index in [4.69, 9.17) is 4.74 Å². The largest absolute Gasteiger partial charge is 0.508 e. The second kappa shape index (κ2) is 7.47. The van der Waals surface area contributed by atoms with Crippen LogP contribution in [0.5, 0.6) is 11.5 Å². The number of aryl methyl sites for hydroxylation is 2. The predicted octanol–water partition coefficient (Wildman–Crippen LogP) is 2.74. The Morgan fingerprint density at radius 2 is 1.72 bits per heavy atom. The zero-order chi connectivity index (χ0) is 17.8.